The first-order chi connectivity index (χ1) is 11.5. The van der Waals surface area contributed by atoms with E-state index in [1.807, 2.05) is 62.8 Å². The first-order valence-electron chi connectivity index (χ1n) is 7.96. The minimum absolute atomic E-state index is 0.0583. The van der Waals surface area contributed by atoms with Crippen LogP contribution < -0.4 is 10.1 Å². The molecule has 3 aromatic rings. The number of aryl methyl sites for hydroxylation is 2. The highest BCUT2D eigenvalue weighted by atomic mass is 32.1. The molecule has 0 aliphatic carbocycles. The largest absolute Gasteiger partial charge is 0.494 e. The summed E-state index contributed by atoms with van der Waals surface area (Å²) in [5.41, 5.74) is 1.99. The average molecular weight is 343 g/mol. The van der Waals surface area contributed by atoms with Crippen LogP contribution >= 0.6 is 11.3 Å². The van der Waals surface area contributed by atoms with Crippen LogP contribution in [0.2, 0.25) is 0 Å². The van der Waals surface area contributed by atoms with Gasteiger partial charge in [0.1, 0.15) is 10.6 Å². The standard InChI is InChI=1S/C18H21N3O2S/c1-5-23-14-8-6-13(7-9-14)11(2)19-17(22)16-10-15-12(3)20-21(4)18(15)24-16/h6-11H,5H2,1-4H3,(H,19,22)/t11-/m1/s1. The molecule has 2 aromatic heterocycles. The molecule has 0 bridgehead atoms. The normalized spacial score (nSPS) is 12.3. The third-order valence-electron chi connectivity index (χ3n) is 3.96. The molecular weight excluding hydrogens is 322 g/mol. The Balaban J connectivity index is 1.73. The van der Waals surface area contributed by atoms with E-state index in [1.165, 1.54) is 11.3 Å². The van der Waals surface area contributed by atoms with E-state index in [9.17, 15) is 4.79 Å². The lowest BCUT2D eigenvalue weighted by Crippen LogP contribution is -2.25. The van der Waals surface area contributed by atoms with Crippen LogP contribution in [0, 0.1) is 6.92 Å². The monoisotopic (exact) mass is 343 g/mol. The number of carbonyl (C=O) groups is 1. The van der Waals surface area contributed by atoms with Gasteiger partial charge in [0.25, 0.3) is 5.91 Å². The molecule has 1 amide bonds. The lowest BCUT2D eigenvalue weighted by Gasteiger charge is -2.14. The van der Waals surface area contributed by atoms with Gasteiger partial charge in [0.15, 0.2) is 0 Å². The predicted octanol–water partition coefficient (Wildman–Crippen LogP) is 3.83. The number of benzene rings is 1. The zero-order valence-electron chi connectivity index (χ0n) is 14.3. The molecule has 2 heterocycles. The molecule has 1 aromatic carbocycles. The topological polar surface area (TPSA) is 56.1 Å². The summed E-state index contributed by atoms with van der Waals surface area (Å²) in [6.45, 7) is 6.54. The maximum absolute atomic E-state index is 12.5. The third kappa shape index (κ3) is 3.14. The number of fused-ring (bicyclic) bond motifs is 1. The molecule has 6 heteroatoms. The summed E-state index contributed by atoms with van der Waals surface area (Å²) in [6, 6.07) is 9.66. The van der Waals surface area contributed by atoms with Crippen LogP contribution in [0.25, 0.3) is 10.2 Å². The first kappa shape index (κ1) is 16.5. The van der Waals surface area contributed by atoms with Crippen molar-refractivity contribution in [2.24, 2.45) is 7.05 Å². The zero-order chi connectivity index (χ0) is 17.3. The average Bonchev–Trinajstić information content (AvgIpc) is 3.10. The summed E-state index contributed by atoms with van der Waals surface area (Å²) < 4.78 is 7.27. The fourth-order valence-corrected chi connectivity index (χ4v) is 3.71. The zero-order valence-corrected chi connectivity index (χ0v) is 15.1. The highest BCUT2D eigenvalue weighted by Crippen LogP contribution is 2.28. The van der Waals surface area contributed by atoms with Crippen molar-refractivity contribution in [3.05, 3.63) is 46.5 Å². The Kier molecular flexibility index (Phi) is 4.57. The Morgan fingerprint density at radius 1 is 1.38 bits per heavy atom. The summed E-state index contributed by atoms with van der Waals surface area (Å²) in [6.07, 6.45) is 0. The number of nitrogens with zero attached hydrogens (tertiary/aromatic N) is 2. The second-order valence-corrected chi connectivity index (χ2v) is 6.77. The van der Waals surface area contributed by atoms with Crippen molar-refractivity contribution in [3.63, 3.8) is 0 Å². The second-order valence-electron chi connectivity index (χ2n) is 5.74. The van der Waals surface area contributed by atoms with Gasteiger partial charge in [-0.05, 0) is 44.5 Å². The van der Waals surface area contributed by atoms with E-state index in [0.717, 1.165) is 27.2 Å². The number of hydrogen-bond donors (Lipinski definition) is 1. The van der Waals surface area contributed by atoms with Crippen molar-refractivity contribution >= 4 is 27.5 Å². The van der Waals surface area contributed by atoms with Gasteiger partial charge >= 0.3 is 0 Å². The molecule has 126 valence electrons. The molecule has 0 aliphatic rings. The third-order valence-corrected chi connectivity index (χ3v) is 5.16. The summed E-state index contributed by atoms with van der Waals surface area (Å²) in [5, 5.41) is 8.46. The van der Waals surface area contributed by atoms with Crippen LogP contribution in [0.5, 0.6) is 5.75 Å². The number of amides is 1. The maximum Gasteiger partial charge on any atom is 0.261 e. The number of rotatable bonds is 5. The molecule has 0 saturated carbocycles. The van der Waals surface area contributed by atoms with Crippen LogP contribution in [0.1, 0.15) is 40.8 Å². The van der Waals surface area contributed by atoms with E-state index >= 15 is 0 Å². The van der Waals surface area contributed by atoms with E-state index in [2.05, 4.69) is 10.4 Å². The number of thiophene rings is 1. The Labute approximate surface area is 145 Å². The van der Waals surface area contributed by atoms with E-state index in [1.54, 1.807) is 0 Å². The van der Waals surface area contributed by atoms with Gasteiger partial charge in [-0.25, -0.2) is 0 Å². The lowest BCUT2D eigenvalue weighted by atomic mass is 10.1. The van der Waals surface area contributed by atoms with Crippen LogP contribution in [0.15, 0.2) is 30.3 Å². The van der Waals surface area contributed by atoms with Gasteiger partial charge in [0.2, 0.25) is 0 Å². The van der Waals surface area contributed by atoms with Crippen LogP contribution in [-0.2, 0) is 7.05 Å². The van der Waals surface area contributed by atoms with Crippen molar-refractivity contribution in [1.82, 2.24) is 15.1 Å². The quantitative estimate of drug-likeness (QED) is 0.766. The molecule has 0 fully saturated rings. The minimum atomic E-state index is -0.0717. The van der Waals surface area contributed by atoms with Gasteiger partial charge < -0.3 is 10.1 Å². The summed E-state index contributed by atoms with van der Waals surface area (Å²) in [7, 11) is 1.90. The van der Waals surface area contributed by atoms with Crippen LogP contribution in [0.3, 0.4) is 0 Å². The van der Waals surface area contributed by atoms with E-state index < -0.39 is 0 Å². The van der Waals surface area contributed by atoms with Crippen LogP contribution in [-0.4, -0.2) is 22.3 Å². The molecular formula is C18H21N3O2S. The van der Waals surface area contributed by atoms with Gasteiger partial charge in [-0.1, -0.05) is 12.1 Å². The van der Waals surface area contributed by atoms with E-state index in [-0.39, 0.29) is 11.9 Å². The second kappa shape index (κ2) is 6.65. The fourth-order valence-electron chi connectivity index (χ4n) is 2.69. The fraction of sp³-hybridized carbons (Fsp3) is 0.333. The summed E-state index contributed by atoms with van der Waals surface area (Å²) >= 11 is 1.47. The van der Waals surface area contributed by atoms with Gasteiger partial charge in [-0.2, -0.15) is 5.10 Å². The molecule has 3 rings (SSSR count). The molecule has 0 spiro atoms. The number of ether oxygens (including phenoxy) is 1. The smallest absolute Gasteiger partial charge is 0.261 e. The van der Waals surface area contributed by atoms with Gasteiger partial charge in [0, 0.05) is 12.4 Å². The van der Waals surface area contributed by atoms with Crippen LogP contribution in [0.4, 0.5) is 0 Å². The molecule has 24 heavy (non-hydrogen) atoms. The number of hydrogen-bond acceptors (Lipinski definition) is 4. The first-order valence-corrected chi connectivity index (χ1v) is 8.78. The SMILES string of the molecule is CCOc1ccc([C@@H](C)NC(=O)c2cc3c(C)nn(C)c3s2)cc1. The molecule has 0 saturated heterocycles. The number of nitrogens with one attached hydrogen (secondary N) is 1. The number of aromatic nitrogens is 2. The van der Waals surface area contributed by atoms with E-state index in [4.69, 9.17) is 4.74 Å². The lowest BCUT2D eigenvalue weighted by molar-refractivity contribution is 0.0944. The van der Waals surface area contributed by atoms with Crippen molar-refractivity contribution < 1.29 is 9.53 Å². The number of carbonyl (C=O) groups excluding carboxylic acids is 1. The Hall–Kier alpha value is -2.34. The van der Waals surface area contributed by atoms with Crippen molar-refractivity contribution in [3.8, 4) is 5.75 Å². The van der Waals surface area contributed by atoms with Crippen molar-refractivity contribution in [2.45, 2.75) is 26.8 Å². The highest BCUT2D eigenvalue weighted by molar-refractivity contribution is 7.20. The maximum atomic E-state index is 12.5. The Bertz CT molecular complexity index is 830. The highest BCUT2D eigenvalue weighted by Gasteiger charge is 2.17. The van der Waals surface area contributed by atoms with Crippen molar-refractivity contribution in [2.75, 3.05) is 6.61 Å². The van der Waals surface area contributed by atoms with Gasteiger partial charge in [-0.3, -0.25) is 9.48 Å². The summed E-state index contributed by atoms with van der Waals surface area (Å²) in [4.78, 5) is 14.3. The molecule has 5 nitrogen and oxygen atoms in total. The minimum Gasteiger partial charge on any atom is -0.494 e. The Morgan fingerprint density at radius 3 is 2.71 bits per heavy atom. The molecule has 1 atom stereocenters. The molecule has 0 radical (unpaired) electrons. The molecule has 0 unspecified atom stereocenters. The summed E-state index contributed by atoms with van der Waals surface area (Å²) in [5.74, 6) is 0.782. The predicted molar refractivity (Wildman–Crippen MR) is 96.8 cm³/mol. The molecule has 1 N–H and O–H groups in total. The van der Waals surface area contributed by atoms with Crippen molar-refractivity contribution in [1.29, 1.82) is 0 Å². The van der Waals surface area contributed by atoms with E-state index in [0.29, 0.717) is 11.5 Å². The Morgan fingerprint density at radius 2 is 2.08 bits per heavy atom. The van der Waals surface area contributed by atoms with Gasteiger partial charge in [0.05, 0.1) is 23.2 Å². The molecule has 0 aliphatic heterocycles. The van der Waals surface area contributed by atoms with Gasteiger partial charge in [-0.15, -0.1) is 11.3 Å².